The van der Waals surface area contributed by atoms with Gasteiger partial charge in [0.2, 0.25) is 0 Å². The molecule has 0 spiro atoms. The number of amides is 2. The van der Waals surface area contributed by atoms with Crippen LogP contribution < -0.4 is 0 Å². The van der Waals surface area contributed by atoms with Crippen LogP contribution in [-0.2, 0) is 9.53 Å². The van der Waals surface area contributed by atoms with Crippen LogP contribution in [-0.4, -0.2) is 68.0 Å². The highest BCUT2D eigenvalue weighted by Crippen LogP contribution is 2.44. The van der Waals surface area contributed by atoms with Crippen LogP contribution in [0.5, 0.6) is 0 Å². The van der Waals surface area contributed by atoms with E-state index < -0.39 is 0 Å². The summed E-state index contributed by atoms with van der Waals surface area (Å²) in [6, 6.07) is 5.90. The molecule has 0 saturated heterocycles. The third-order valence-electron chi connectivity index (χ3n) is 10.7. The molecule has 0 saturated carbocycles. The largest absolute Gasteiger partial charge is 0.469 e. The van der Waals surface area contributed by atoms with Gasteiger partial charge in [-0.3, -0.25) is 19.3 Å². The van der Waals surface area contributed by atoms with Crippen LogP contribution in [0.15, 0.2) is 18.2 Å². The number of fused-ring (bicyclic) bond motifs is 8. The zero-order valence-electron chi connectivity index (χ0n) is 29.7. The Labute approximate surface area is 287 Å². The van der Waals surface area contributed by atoms with Gasteiger partial charge in [-0.2, -0.15) is 0 Å². The van der Waals surface area contributed by atoms with E-state index in [4.69, 9.17) is 14.7 Å². The van der Waals surface area contributed by atoms with Gasteiger partial charge in [-0.1, -0.05) is 40.0 Å². The lowest BCUT2D eigenvalue weighted by Crippen LogP contribution is -2.41. The molecule has 4 aliphatic rings. The maximum atomic E-state index is 14.6. The van der Waals surface area contributed by atoms with Crippen molar-refractivity contribution in [3.63, 3.8) is 0 Å². The summed E-state index contributed by atoms with van der Waals surface area (Å²) in [5.41, 5.74) is 11.1. The number of H-pyrrole nitrogens is 2. The van der Waals surface area contributed by atoms with Crippen LogP contribution in [0, 0.1) is 6.92 Å². The number of aryl methyl sites for hydroxylation is 1. The van der Waals surface area contributed by atoms with Crippen molar-refractivity contribution in [1.29, 1.82) is 0 Å². The predicted octanol–water partition coefficient (Wildman–Crippen LogP) is 7.63. The minimum absolute atomic E-state index is 0.119. The number of hydrogen-bond donors (Lipinski definition) is 3. The minimum Gasteiger partial charge on any atom is -0.469 e. The number of allylic oxidation sites excluding steroid dienone is 3. The monoisotopic (exact) mass is 665 g/mol. The average Bonchev–Trinajstić information content (AvgIpc) is 3.76. The summed E-state index contributed by atoms with van der Waals surface area (Å²) in [7, 11) is 1.38. The number of carbonyl (C=O) groups is 3. The van der Waals surface area contributed by atoms with Crippen molar-refractivity contribution >= 4 is 51.1 Å². The maximum Gasteiger partial charge on any atom is 0.305 e. The van der Waals surface area contributed by atoms with Gasteiger partial charge in [0.1, 0.15) is 0 Å². The van der Waals surface area contributed by atoms with Gasteiger partial charge < -0.3 is 19.8 Å². The first kappa shape index (κ1) is 34.3. The lowest BCUT2D eigenvalue weighted by atomic mass is 9.84. The Hall–Kier alpha value is -4.57. The molecular formula is C39H47N5O5. The Balaban J connectivity index is 1.72. The quantitative estimate of drug-likeness (QED) is 0.135. The number of ether oxygens (including phenoxy) is 1. The first-order chi connectivity index (χ1) is 23.5. The van der Waals surface area contributed by atoms with Crippen LogP contribution in [0.1, 0.15) is 152 Å². The van der Waals surface area contributed by atoms with E-state index in [1.54, 1.807) is 0 Å². The normalized spacial score (nSPS) is 18.1. The lowest BCUT2D eigenvalue weighted by Gasteiger charge is -2.27. The van der Waals surface area contributed by atoms with E-state index in [2.05, 4.69) is 30.7 Å². The minimum atomic E-state index is -0.345. The van der Waals surface area contributed by atoms with Crippen molar-refractivity contribution in [1.82, 2.24) is 24.8 Å². The molecule has 10 heteroatoms. The number of aliphatic hydroxyl groups is 1. The van der Waals surface area contributed by atoms with E-state index in [0.29, 0.717) is 46.7 Å². The van der Waals surface area contributed by atoms with Crippen LogP contribution in [0.3, 0.4) is 0 Å². The first-order valence-electron chi connectivity index (χ1n) is 17.6. The number of hydrogen-bond acceptors (Lipinski definition) is 7. The van der Waals surface area contributed by atoms with E-state index >= 15 is 0 Å². The van der Waals surface area contributed by atoms with Gasteiger partial charge in [-0.25, -0.2) is 9.97 Å². The highest BCUT2D eigenvalue weighted by atomic mass is 16.5. The summed E-state index contributed by atoms with van der Waals surface area (Å²) in [6.45, 7) is 12.4. The fourth-order valence-corrected chi connectivity index (χ4v) is 7.68. The Kier molecular flexibility index (Phi) is 9.62. The summed E-state index contributed by atoms with van der Waals surface area (Å²) in [5.74, 6) is -1.33. The standard InChI is InChI=1S/C39H47N5O5/c1-8-10-11-12-15-44-38(47)34-23(6)30-18-31-24(9-2)20(3)28(40-31)17-32-26(19-45)22(5)27(41-32)16-29-21(4)25(13-14-33(46)49-7)36(42-29)35(39(44)48)37(34)43-30/h16-18,21,25,42-43,45H,8-15,19H2,1-7H3/t21-,25-/m0/s1. The first-order valence-corrected chi connectivity index (χ1v) is 17.6. The van der Waals surface area contributed by atoms with Gasteiger partial charge >= 0.3 is 5.97 Å². The molecule has 0 fully saturated rings. The van der Waals surface area contributed by atoms with Crippen molar-refractivity contribution in [2.45, 2.75) is 98.3 Å². The van der Waals surface area contributed by atoms with E-state index in [1.165, 1.54) is 12.0 Å². The molecule has 6 heterocycles. The number of unbranched alkanes of at least 4 members (excludes halogenated alkanes) is 3. The van der Waals surface area contributed by atoms with E-state index in [0.717, 1.165) is 82.6 Å². The summed E-state index contributed by atoms with van der Waals surface area (Å²) in [4.78, 5) is 59.8. The number of methoxy groups -OCH3 is 1. The second kappa shape index (κ2) is 13.7. The Morgan fingerprint density at radius 3 is 2.24 bits per heavy atom. The molecule has 0 unspecified atom stereocenters. The number of aromatic nitrogens is 4. The number of carbonyl (C=O) groups excluding carboxylic acids is 3. The Bertz CT molecular complexity index is 2000. The zero-order chi connectivity index (χ0) is 35.1. The molecule has 2 aromatic heterocycles. The van der Waals surface area contributed by atoms with Gasteiger partial charge in [-0.15, -0.1) is 0 Å². The van der Waals surface area contributed by atoms with Gasteiger partial charge in [0.25, 0.3) is 11.8 Å². The number of nitrogens with one attached hydrogen (secondary N) is 2. The van der Waals surface area contributed by atoms with Crippen LogP contribution in [0.25, 0.3) is 33.3 Å². The average molecular weight is 666 g/mol. The van der Waals surface area contributed by atoms with Crippen molar-refractivity contribution in [2.24, 2.45) is 0 Å². The number of nitrogens with zero attached hydrogens (tertiary/aromatic N) is 3. The molecular weight excluding hydrogens is 618 g/mol. The zero-order valence-corrected chi connectivity index (χ0v) is 29.7. The number of aliphatic hydroxyl groups excluding tert-OH is 1. The highest BCUT2D eigenvalue weighted by Gasteiger charge is 2.40. The Morgan fingerprint density at radius 1 is 0.898 bits per heavy atom. The van der Waals surface area contributed by atoms with Crippen molar-refractivity contribution in [3.8, 4) is 0 Å². The molecule has 2 atom stereocenters. The number of esters is 1. The Morgan fingerprint density at radius 2 is 1.57 bits per heavy atom. The second-order valence-corrected chi connectivity index (χ2v) is 13.5. The van der Waals surface area contributed by atoms with Crippen LogP contribution >= 0.6 is 0 Å². The molecule has 8 bridgehead atoms. The highest BCUT2D eigenvalue weighted by molar-refractivity contribution is 6.23. The summed E-state index contributed by atoms with van der Waals surface area (Å²) >= 11 is 0. The molecule has 0 aliphatic carbocycles. The fraction of sp³-hybridized carbons (Fsp3) is 0.462. The number of aromatic amines is 2. The third kappa shape index (κ3) is 5.90. The molecule has 6 rings (SSSR count). The van der Waals surface area contributed by atoms with Crippen molar-refractivity contribution in [2.75, 3.05) is 20.3 Å². The maximum absolute atomic E-state index is 14.6. The molecule has 10 nitrogen and oxygen atoms in total. The second-order valence-electron chi connectivity index (χ2n) is 13.5. The molecule has 3 N–H and O–H groups in total. The van der Waals surface area contributed by atoms with Gasteiger partial charge in [0.05, 0.1) is 53.1 Å². The summed E-state index contributed by atoms with van der Waals surface area (Å²) in [6.07, 6.45) is 5.08. The number of rotatable bonds is 10. The fourth-order valence-electron chi connectivity index (χ4n) is 7.68. The van der Waals surface area contributed by atoms with Crippen LogP contribution in [0.4, 0.5) is 0 Å². The van der Waals surface area contributed by atoms with Gasteiger partial charge in [0.15, 0.2) is 0 Å². The van der Waals surface area contributed by atoms with E-state index in [9.17, 15) is 19.5 Å². The molecule has 4 aliphatic heterocycles. The van der Waals surface area contributed by atoms with E-state index in [-0.39, 0.29) is 42.6 Å². The topological polar surface area (TPSA) is 141 Å². The van der Waals surface area contributed by atoms with Crippen LogP contribution in [0.2, 0.25) is 0 Å². The molecule has 2 aromatic rings. The van der Waals surface area contributed by atoms with Gasteiger partial charge in [0, 0.05) is 47.3 Å². The van der Waals surface area contributed by atoms with E-state index in [1.807, 2.05) is 39.0 Å². The SMILES string of the molecule is CCCCCCN1C(=O)c2c3[nH]c(cc4nc(cc5nc(cc6[nH]c2c(c6C)C1=O)C(CC)=C5C)C(CO)=C4C)[C@@H](C)[C@@H]3CCC(=O)OC. The smallest absolute Gasteiger partial charge is 0.305 e. The molecule has 0 radical (unpaired) electrons. The van der Waals surface area contributed by atoms with Gasteiger partial charge in [-0.05, 0) is 80.5 Å². The van der Waals surface area contributed by atoms with Crippen molar-refractivity contribution < 1.29 is 24.2 Å². The molecule has 2 amide bonds. The lowest BCUT2D eigenvalue weighted by molar-refractivity contribution is -0.140. The predicted molar refractivity (Wildman–Crippen MR) is 191 cm³/mol. The number of imide groups is 1. The summed E-state index contributed by atoms with van der Waals surface area (Å²) < 4.78 is 5.00. The third-order valence-corrected chi connectivity index (χ3v) is 10.7. The van der Waals surface area contributed by atoms with Crippen molar-refractivity contribution in [3.05, 3.63) is 69.1 Å². The molecule has 258 valence electrons. The summed E-state index contributed by atoms with van der Waals surface area (Å²) in [5, 5.41) is 10.4. The molecule has 0 aromatic carbocycles. The molecule has 49 heavy (non-hydrogen) atoms.